The van der Waals surface area contributed by atoms with Gasteiger partial charge in [0.2, 0.25) is 5.91 Å². The van der Waals surface area contributed by atoms with Crippen LogP contribution < -0.4 is 10.6 Å². The number of carbonyl (C=O) groups excluding carboxylic acids is 1. The third kappa shape index (κ3) is 4.77. The number of hydrogen-bond acceptors (Lipinski definition) is 3. The van der Waals surface area contributed by atoms with Crippen molar-refractivity contribution in [3.63, 3.8) is 0 Å². The molecule has 0 aromatic heterocycles. The second kappa shape index (κ2) is 7.25. The zero-order chi connectivity index (χ0) is 14.5. The Kier molecular flexibility index (Phi) is 6.27. The number of carbonyl (C=O) groups is 1. The SMILES string of the molecule is CCCNC1COCC1C(=O)NCC(C)(C)C(C)C. The molecule has 0 spiro atoms. The minimum Gasteiger partial charge on any atom is -0.379 e. The van der Waals surface area contributed by atoms with Crippen LogP contribution in [0.15, 0.2) is 0 Å². The second-order valence-electron chi connectivity index (χ2n) is 6.57. The molecule has 112 valence electrons. The molecule has 1 rings (SSSR count). The van der Waals surface area contributed by atoms with E-state index in [1.807, 2.05) is 0 Å². The van der Waals surface area contributed by atoms with Crippen molar-refractivity contribution < 1.29 is 9.53 Å². The monoisotopic (exact) mass is 270 g/mol. The summed E-state index contributed by atoms with van der Waals surface area (Å²) < 4.78 is 5.44. The molecule has 2 N–H and O–H groups in total. The van der Waals surface area contributed by atoms with Gasteiger partial charge in [0, 0.05) is 12.6 Å². The van der Waals surface area contributed by atoms with E-state index >= 15 is 0 Å². The molecule has 1 fully saturated rings. The molecule has 0 saturated carbocycles. The van der Waals surface area contributed by atoms with Gasteiger partial charge >= 0.3 is 0 Å². The first-order valence-corrected chi connectivity index (χ1v) is 7.47. The molecule has 0 aromatic carbocycles. The first-order chi connectivity index (χ1) is 8.88. The molecular formula is C15H30N2O2. The van der Waals surface area contributed by atoms with E-state index in [-0.39, 0.29) is 23.3 Å². The average Bonchev–Trinajstić information content (AvgIpc) is 2.81. The van der Waals surface area contributed by atoms with Crippen molar-refractivity contribution in [1.29, 1.82) is 0 Å². The summed E-state index contributed by atoms with van der Waals surface area (Å²) in [5.41, 5.74) is 0.126. The maximum atomic E-state index is 12.3. The van der Waals surface area contributed by atoms with Crippen molar-refractivity contribution in [2.24, 2.45) is 17.3 Å². The molecule has 0 aliphatic carbocycles. The van der Waals surface area contributed by atoms with Gasteiger partial charge in [-0.3, -0.25) is 4.79 Å². The van der Waals surface area contributed by atoms with Gasteiger partial charge in [0.15, 0.2) is 0 Å². The Morgan fingerprint density at radius 2 is 2.05 bits per heavy atom. The largest absolute Gasteiger partial charge is 0.379 e. The van der Waals surface area contributed by atoms with Crippen molar-refractivity contribution >= 4 is 5.91 Å². The number of nitrogens with one attached hydrogen (secondary N) is 2. The lowest BCUT2D eigenvalue weighted by molar-refractivity contribution is -0.126. The molecular weight excluding hydrogens is 240 g/mol. The molecule has 1 aliphatic heterocycles. The minimum absolute atomic E-state index is 0.0467. The van der Waals surface area contributed by atoms with Crippen LogP contribution >= 0.6 is 0 Å². The first kappa shape index (κ1) is 16.4. The van der Waals surface area contributed by atoms with Crippen molar-refractivity contribution in [3.05, 3.63) is 0 Å². The third-order valence-electron chi connectivity index (χ3n) is 4.36. The number of rotatable bonds is 7. The molecule has 19 heavy (non-hydrogen) atoms. The summed E-state index contributed by atoms with van der Waals surface area (Å²) in [7, 11) is 0. The van der Waals surface area contributed by atoms with Gasteiger partial charge in [-0.05, 0) is 24.3 Å². The van der Waals surface area contributed by atoms with E-state index in [1.165, 1.54) is 0 Å². The van der Waals surface area contributed by atoms with Crippen molar-refractivity contribution in [2.45, 2.75) is 47.1 Å². The van der Waals surface area contributed by atoms with E-state index in [4.69, 9.17) is 4.74 Å². The number of ether oxygens (including phenoxy) is 1. The summed E-state index contributed by atoms with van der Waals surface area (Å²) in [6.45, 7) is 13.7. The molecule has 2 unspecified atom stereocenters. The van der Waals surface area contributed by atoms with Gasteiger partial charge in [-0.25, -0.2) is 0 Å². The lowest BCUT2D eigenvalue weighted by Gasteiger charge is -2.30. The minimum atomic E-state index is -0.0467. The van der Waals surface area contributed by atoms with Crippen LogP contribution in [0.5, 0.6) is 0 Å². The van der Waals surface area contributed by atoms with E-state index in [0.717, 1.165) is 19.5 Å². The molecule has 1 amide bonds. The van der Waals surface area contributed by atoms with E-state index < -0.39 is 0 Å². The highest BCUT2D eigenvalue weighted by molar-refractivity contribution is 5.79. The first-order valence-electron chi connectivity index (χ1n) is 7.47. The summed E-state index contributed by atoms with van der Waals surface area (Å²) in [6, 6.07) is 0.169. The maximum absolute atomic E-state index is 12.3. The Balaban J connectivity index is 2.44. The Bertz CT molecular complexity index is 290. The van der Waals surface area contributed by atoms with Crippen LogP contribution in [0.4, 0.5) is 0 Å². The molecule has 0 bridgehead atoms. The predicted octanol–water partition coefficient (Wildman–Crippen LogP) is 1.80. The van der Waals surface area contributed by atoms with E-state index in [1.54, 1.807) is 0 Å². The molecule has 4 heteroatoms. The van der Waals surface area contributed by atoms with Gasteiger partial charge in [0.05, 0.1) is 19.1 Å². The molecule has 1 heterocycles. The summed E-state index contributed by atoms with van der Waals surface area (Å²) in [5.74, 6) is 0.621. The highest BCUT2D eigenvalue weighted by atomic mass is 16.5. The van der Waals surface area contributed by atoms with Crippen LogP contribution in [0.1, 0.15) is 41.0 Å². The Hall–Kier alpha value is -0.610. The van der Waals surface area contributed by atoms with Crippen LogP contribution in [0.25, 0.3) is 0 Å². The van der Waals surface area contributed by atoms with Crippen LogP contribution in [0.3, 0.4) is 0 Å². The molecule has 1 aliphatic rings. The van der Waals surface area contributed by atoms with Crippen LogP contribution in [-0.4, -0.2) is 38.3 Å². The second-order valence-corrected chi connectivity index (χ2v) is 6.57. The fourth-order valence-corrected chi connectivity index (χ4v) is 1.99. The summed E-state index contributed by atoms with van der Waals surface area (Å²) in [6.07, 6.45) is 1.07. The third-order valence-corrected chi connectivity index (χ3v) is 4.36. The molecule has 2 atom stereocenters. The zero-order valence-electron chi connectivity index (χ0n) is 13.1. The Morgan fingerprint density at radius 3 is 2.63 bits per heavy atom. The smallest absolute Gasteiger partial charge is 0.227 e. The Morgan fingerprint density at radius 1 is 1.37 bits per heavy atom. The summed E-state index contributed by atoms with van der Waals surface area (Å²) in [4.78, 5) is 12.3. The molecule has 1 saturated heterocycles. The quantitative estimate of drug-likeness (QED) is 0.741. The van der Waals surface area contributed by atoms with Crippen LogP contribution in [0.2, 0.25) is 0 Å². The molecule has 4 nitrogen and oxygen atoms in total. The average molecular weight is 270 g/mol. The zero-order valence-corrected chi connectivity index (χ0v) is 13.1. The van der Waals surface area contributed by atoms with E-state index in [9.17, 15) is 4.79 Å². The molecule has 0 aromatic rings. The number of hydrogen-bond donors (Lipinski definition) is 2. The number of amides is 1. The van der Waals surface area contributed by atoms with Crippen molar-refractivity contribution in [2.75, 3.05) is 26.3 Å². The summed E-state index contributed by atoms with van der Waals surface area (Å²) in [5, 5.41) is 6.49. The Labute approximate surface area is 117 Å². The lowest BCUT2D eigenvalue weighted by Crippen LogP contribution is -2.46. The fraction of sp³-hybridized carbons (Fsp3) is 0.933. The van der Waals surface area contributed by atoms with Gasteiger partial charge in [0.25, 0.3) is 0 Å². The predicted molar refractivity (Wildman–Crippen MR) is 78.0 cm³/mol. The normalized spacial score (nSPS) is 23.9. The van der Waals surface area contributed by atoms with Gasteiger partial charge in [0.1, 0.15) is 0 Å². The molecule has 0 radical (unpaired) electrons. The van der Waals surface area contributed by atoms with Crippen LogP contribution in [-0.2, 0) is 9.53 Å². The lowest BCUT2D eigenvalue weighted by atomic mass is 9.81. The van der Waals surface area contributed by atoms with Crippen molar-refractivity contribution in [1.82, 2.24) is 10.6 Å². The maximum Gasteiger partial charge on any atom is 0.227 e. The van der Waals surface area contributed by atoms with Crippen molar-refractivity contribution in [3.8, 4) is 0 Å². The van der Waals surface area contributed by atoms with Gasteiger partial charge in [-0.2, -0.15) is 0 Å². The summed E-state index contributed by atoms with van der Waals surface area (Å²) >= 11 is 0. The van der Waals surface area contributed by atoms with E-state index in [0.29, 0.717) is 19.1 Å². The highest BCUT2D eigenvalue weighted by Crippen LogP contribution is 2.25. The topological polar surface area (TPSA) is 50.4 Å². The highest BCUT2D eigenvalue weighted by Gasteiger charge is 2.34. The van der Waals surface area contributed by atoms with Crippen LogP contribution in [0, 0.1) is 17.3 Å². The fourth-order valence-electron chi connectivity index (χ4n) is 1.99. The standard InChI is InChI=1S/C15H30N2O2/c1-6-7-16-13-9-19-8-12(13)14(18)17-10-15(4,5)11(2)3/h11-13,16H,6-10H2,1-5H3,(H,17,18). The van der Waals surface area contributed by atoms with Gasteiger partial charge in [-0.1, -0.05) is 34.6 Å². The van der Waals surface area contributed by atoms with E-state index in [2.05, 4.69) is 45.3 Å². The van der Waals surface area contributed by atoms with Gasteiger partial charge < -0.3 is 15.4 Å². The van der Waals surface area contributed by atoms with Gasteiger partial charge in [-0.15, -0.1) is 0 Å².